The van der Waals surface area contributed by atoms with E-state index in [9.17, 15) is 9.59 Å². The summed E-state index contributed by atoms with van der Waals surface area (Å²) in [5.74, 6) is -0.416. The van der Waals surface area contributed by atoms with Crippen molar-refractivity contribution in [3.05, 3.63) is 51.9 Å². The number of carbonyl (C=O) groups is 2. The Labute approximate surface area is 194 Å². The Balaban J connectivity index is 1.41. The van der Waals surface area contributed by atoms with E-state index < -0.39 is 5.91 Å². The number of nitrogens with one attached hydrogen (secondary N) is 1. The van der Waals surface area contributed by atoms with Crippen molar-refractivity contribution in [3.63, 3.8) is 0 Å². The average molecular weight is 484 g/mol. The predicted octanol–water partition coefficient (Wildman–Crippen LogP) is 1.92. The van der Waals surface area contributed by atoms with E-state index in [2.05, 4.69) is 20.2 Å². The summed E-state index contributed by atoms with van der Waals surface area (Å²) in [6, 6.07) is 5.62. The molecule has 0 unspecified atom stereocenters. The summed E-state index contributed by atoms with van der Waals surface area (Å²) in [5.41, 5.74) is 6.73. The fourth-order valence-electron chi connectivity index (χ4n) is 3.08. The number of nitrogens with two attached hydrogens (primary N) is 1. The minimum absolute atomic E-state index is 0.0192. The van der Waals surface area contributed by atoms with Gasteiger partial charge in [-0.25, -0.2) is 4.98 Å². The Bertz CT molecular complexity index is 933. The van der Waals surface area contributed by atoms with E-state index in [-0.39, 0.29) is 24.2 Å². The molecular formula is C20H23Cl2N5O3S. The summed E-state index contributed by atoms with van der Waals surface area (Å²) in [6.45, 7) is 3.26. The molecule has 3 N–H and O–H groups in total. The van der Waals surface area contributed by atoms with E-state index in [1.165, 1.54) is 18.0 Å². The molecule has 31 heavy (non-hydrogen) atoms. The van der Waals surface area contributed by atoms with Crippen LogP contribution in [0.5, 0.6) is 0 Å². The van der Waals surface area contributed by atoms with Gasteiger partial charge in [-0.05, 0) is 17.7 Å². The SMILES string of the molecule is NC(=O)Cc1cncc(SCC(=O)NC[C@H]2CN(Cc3ccc(Cl)c(Cl)c3)CCO2)n1. The molecular weight excluding hydrogens is 461 g/mol. The van der Waals surface area contributed by atoms with E-state index >= 15 is 0 Å². The minimum atomic E-state index is -0.477. The lowest BCUT2D eigenvalue weighted by molar-refractivity contribution is -0.120. The number of aromatic nitrogens is 2. The number of primary amides is 1. The minimum Gasteiger partial charge on any atom is -0.374 e. The van der Waals surface area contributed by atoms with Crippen LogP contribution < -0.4 is 11.1 Å². The molecule has 0 bridgehead atoms. The van der Waals surface area contributed by atoms with Crippen LogP contribution in [0.15, 0.2) is 35.6 Å². The maximum atomic E-state index is 12.2. The van der Waals surface area contributed by atoms with Gasteiger partial charge in [-0.15, -0.1) is 0 Å². The van der Waals surface area contributed by atoms with Crippen molar-refractivity contribution < 1.29 is 14.3 Å². The summed E-state index contributed by atoms with van der Waals surface area (Å²) in [6.07, 6.45) is 2.96. The molecule has 8 nitrogen and oxygen atoms in total. The van der Waals surface area contributed by atoms with Crippen molar-refractivity contribution in [2.24, 2.45) is 5.73 Å². The lowest BCUT2D eigenvalue weighted by Crippen LogP contribution is -2.47. The third-order valence-electron chi connectivity index (χ3n) is 4.51. The van der Waals surface area contributed by atoms with Crippen LogP contribution >= 0.6 is 35.0 Å². The number of thioether (sulfide) groups is 1. The molecule has 166 valence electrons. The number of rotatable bonds is 9. The summed E-state index contributed by atoms with van der Waals surface area (Å²) in [5, 5.41) is 4.54. The van der Waals surface area contributed by atoms with Gasteiger partial charge in [0.05, 0.1) is 46.8 Å². The standard InChI is InChI=1S/C20H23Cl2N5O3S/c21-16-2-1-13(5-17(16)22)10-27-3-4-30-15(11-27)8-25-19(29)12-31-20-9-24-7-14(26-20)6-18(23)28/h1-2,5,7,9,15H,3-4,6,8,10-12H2,(H2,23,28)(H,25,29)/t15-/m0/s1. The van der Waals surface area contributed by atoms with E-state index in [4.69, 9.17) is 33.7 Å². The second kappa shape index (κ2) is 11.6. The lowest BCUT2D eigenvalue weighted by Gasteiger charge is -2.33. The molecule has 1 aromatic heterocycles. The summed E-state index contributed by atoms with van der Waals surface area (Å²) >= 11 is 13.3. The number of morpholine rings is 1. The molecule has 0 radical (unpaired) electrons. The fraction of sp³-hybridized carbons (Fsp3) is 0.400. The van der Waals surface area contributed by atoms with Gasteiger partial charge in [0.25, 0.3) is 0 Å². The van der Waals surface area contributed by atoms with Crippen LogP contribution in [0.4, 0.5) is 0 Å². The molecule has 1 saturated heterocycles. The van der Waals surface area contributed by atoms with Crippen molar-refractivity contribution in [1.82, 2.24) is 20.2 Å². The number of amides is 2. The molecule has 0 aliphatic carbocycles. The molecule has 1 aromatic carbocycles. The van der Waals surface area contributed by atoms with Crippen LogP contribution in [0.1, 0.15) is 11.3 Å². The molecule has 11 heteroatoms. The maximum absolute atomic E-state index is 12.2. The quantitative estimate of drug-likeness (QED) is 0.524. The Morgan fingerprint density at radius 2 is 2.13 bits per heavy atom. The first-order valence-electron chi connectivity index (χ1n) is 9.65. The highest BCUT2D eigenvalue weighted by atomic mass is 35.5. The van der Waals surface area contributed by atoms with Crippen molar-refractivity contribution in [3.8, 4) is 0 Å². The smallest absolute Gasteiger partial charge is 0.230 e. The van der Waals surface area contributed by atoms with Gasteiger partial charge >= 0.3 is 0 Å². The Hall–Kier alpha value is -1.91. The highest BCUT2D eigenvalue weighted by Gasteiger charge is 2.21. The molecule has 3 rings (SSSR count). The largest absolute Gasteiger partial charge is 0.374 e. The van der Waals surface area contributed by atoms with Gasteiger partial charge in [-0.3, -0.25) is 19.5 Å². The van der Waals surface area contributed by atoms with E-state index in [1.807, 2.05) is 12.1 Å². The lowest BCUT2D eigenvalue weighted by atomic mass is 10.2. The number of hydrogen-bond acceptors (Lipinski definition) is 7. The van der Waals surface area contributed by atoms with Gasteiger partial charge < -0.3 is 15.8 Å². The zero-order chi connectivity index (χ0) is 22.2. The second-order valence-corrected chi connectivity index (χ2v) is 8.87. The summed E-state index contributed by atoms with van der Waals surface area (Å²) < 4.78 is 5.78. The molecule has 2 heterocycles. The highest BCUT2D eigenvalue weighted by Crippen LogP contribution is 2.23. The molecule has 2 aromatic rings. The number of halogens is 2. The van der Waals surface area contributed by atoms with E-state index in [1.54, 1.807) is 12.3 Å². The van der Waals surface area contributed by atoms with Gasteiger partial charge in [-0.2, -0.15) is 0 Å². The van der Waals surface area contributed by atoms with Gasteiger partial charge in [0.15, 0.2) is 0 Å². The third-order valence-corrected chi connectivity index (χ3v) is 6.15. The Morgan fingerprint density at radius 3 is 2.90 bits per heavy atom. The van der Waals surface area contributed by atoms with Crippen LogP contribution in [0.25, 0.3) is 0 Å². The molecule has 0 saturated carbocycles. The summed E-state index contributed by atoms with van der Waals surface area (Å²) in [7, 11) is 0. The zero-order valence-electron chi connectivity index (χ0n) is 16.7. The van der Waals surface area contributed by atoms with E-state index in [0.29, 0.717) is 40.5 Å². The van der Waals surface area contributed by atoms with Crippen LogP contribution in [0.3, 0.4) is 0 Å². The van der Waals surface area contributed by atoms with E-state index in [0.717, 1.165) is 18.7 Å². The summed E-state index contributed by atoms with van der Waals surface area (Å²) in [4.78, 5) is 33.8. The number of nitrogens with zero attached hydrogens (tertiary/aromatic N) is 3. The highest BCUT2D eigenvalue weighted by molar-refractivity contribution is 7.99. The van der Waals surface area contributed by atoms with Crippen molar-refractivity contribution in [2.45, 2.75) is 24.1 Å². The Kier molecular flexibility index (Phi) is 8.91. The predicted molar refractivity (Wildman–Crippen MR) is 120 cm³/mol. The van der Waals surface area contributed by atoms with Crippen molar-refractivity contribution in [2.75, 3.05) is 32.0 Å². The first kappa shape index (κ1) is 23.7. The number of hydrogen-bond donors (Lipinski definition) is 2. The molecule has 1 aliphatic heterocycles. The number of ether oxygens (including phenoxy) is 1. The van der Waals surface area contributed by atoms with Crippen LogP contribution in [0.2, 0.25) is 10.0 Å². The molecule has 2 amide bonds. The normalized spacial score (nSPS) is 16.8. The monoisotopic (exact) mass is 483 g/mol. The Morgan fingerprint density at radius 1 is 1.29 bits per heavy atom. The third kappa shape index (κ3) is 7.93. The van der Waals surface area contributed by atoms with Gasteiger partial charge in [0, 0.05) is 32.4 Å². The maximum Gasteiger partial charge on any atom is 0.230 e. The molecule has 1 fully saturated rings. The van der Waals surface area contributed by atoms with Crippen LogP contribution in [-0.4, -0.2) is 64.8 Å². The fourth-order valence-corrected chi connectivity index (χ4v) is 4.10. The van der Waals surface area contributed by atoms with Crippen molar-refractivity contribution in [1.29, 1.82) is 0 Å². The van der Waals surface area contributed by atoms with Crippen LogP contribution in [0, 0.1) is 0 Å². The molecule has 0 spiro atoms. The van der Waals surface area contributed by atoms with Gasteiger partial charge in [-0.1, -0.05) is 41.0 Å². The first-order valence-corrected chi connectivity index (χ1v) is 11.4. The number of carbonyl (C=O) groups excluding carboxylic acids is 2. The van der Waals surface area contributed by atoms with Crippen molar-refractivity contribution >= 4 is 46.8 Å². The average Bonchev–Trinajstić information content (AvgIpc) is 2.73. The number of benzene rings is 1. The first-order chi connectivity index (χ1) is 14.9. The second-order valence-electron chi connectivity index (χ2n) is 7.06. The topological polar surface area (TPSA) is 110 Å². The zero-order valence-corrected chi connectivity index (χ0v) is 19.1. The van der Waals surface area contributed by atoms with Gasteiger partial charge in [0.1, 0.15) is 5.03 Å². The molecule has 1 aliphatic rings. The van der Waals surface area contributed by atoms with Gasteiger partial charge in [0.2, 0.25) is 11.8 Å². The molecule has 1 atom stereocenters. The van der Waals surface area contributed by atoms with Crippen LogP contribution in [-0.2, 0) is 27.3 Å².